The van der Waals surface area contributed by atoms with Crippen LogP contribution in [-0.4, -0.2) is 71.6 Å². The second-order valence-electron chi connectivity index (χ2n) is 8.42. The third-order valence-corrected chi connectivity index (χ3v) is 5.82. The van der Waals surface area contributed by atoms with Gasteiger partial charge in [-0.1, -0.05) is 6.42 Å². The maximum atomic E-state index is 2.78. The van der Waals surface area contributed by atoms with Gasteiger partial charge >= 0.3 is 0 Å². The fraction of sp³-hybridized carbons (Fsp3) is 1.00. The Labute approximate surface area is 132 Å². The highest BCUT2D eigenvalue weighted by Gasteiger charge is 2.33. The van der Waals surface area contributed by atoms with Crippen LogP contribution in [0.1, 0.15) is 60.3 Å². The van der Waals surface area contributed by atoms with Crippen LogP contribution in [0.15, 0.2) is 0 Å². The Morgan fingerprint density at radius 2 is 1.62 bits per heavy atom. The molecule has 21 heavy (non-hydrogen) atoms. The summed E-state index contributed by atoms with van der Waals surface area (Å²) in [6, 6.07) is 2.30. The van der Waals surface area contributed by atoms with Gasteiger partial charge in [-0.25, -0.2) is 0 Å². The molecule has 0 aromatic rings. The minimum atomic E-state index is 0.295. The summed E-state index contributed by atoms with van der Waals surface area (Å²) in [6.07, 6.45) is 5.57. The van der Waals surface area contributed by atoms with E-state index in [4.69, 9.17) is 0 Å². The minimum absolute atomic E-state index is 0.295. The van der Waals surface area contributed by atoms with E-state index in [0.717, 1.165) is 12.1 Å². The van der Waals surface area contributed by atoms with Crippen molar-refractivity contribution in [2.75, 3.05) is 33.2 Å². The van der Waals surface area contributed by atoms with Crippen LogP contribution in [0, 0.1) is 0 Å². The molecule has 2 atom stereocenters. The van der Waals surface area contributed by atoms with Crippen molar-refractivity contribution in [2.45, 2.75) is 84.0 Å². The Bertz CT molecular complexity index is 313. The molecule has 2 aliphatic rings. The standard InChI is InChI=1S/C18H37N3/c1-15(2)20-10-12-21(13-11-20)17-9-7-8-16(14-17)19(6)18(3,4)5/h15-17H,7-14H2,1-6H3/t16-,17+/m0/s1. The predicted molar refractivity (Wildman–Crippen MR) is 91.8 cm³/mol. The van der Waals surface area contributed by atoms with E-state index in [-0.39, 0.29) is 0 Å². The van der Waals surface area contributed by atoms with Crippen LogP contribution in [0.4, 0.5) is 0 Å². The largest absolute Gasteiger partial charge is 0.299 e. The zero-order valence-electron chi connectivity index (χ0n) is 15.2. The normalized spacial score (nSPS) is 30.3. The summed E-state index contributed by atoms with van der Waals surface area (Å²) < 4.78 is 0. The first-order valence-electron chi connectivity index (χ1n) is 9.00. The number of rotatable bonds is 3. The first-order valence-corrected chi connectivity index (χ1v) is 9.00. The van der Waals surface area contributed by atoms with Gasteiger partial charge in [0.25, 0.3) is 0 Å². The lowest BCUT2D eigenvalue weighted by atomic mass is 9.87. The van der Waals surface area contributed by atoms with Crippen LogP contribution in [-0.2, 0) is 0 Å². The van der Waals surface area contributed by atoms with Gasteiger partial charge in [-0.05, 0) is 60.9 Å². The van der Waals surface area contributed by atoms with Crippen LogP contribution in [0.25, 0.3) is 0 Å². The summed E-state index contributed by atoms with van der Waals surface area (Å²) in [5.41, 5.74) is 0.295. The molecule has 0 bridgehead atoms. The smallest absolute Gasteiger partial charge is 0.0124 e. The van der Waals surface area contributed by atoms with Gasteiger partial charge in [-0.15, -0.1) is 0 Å². The molecule has 124 valence electrons. The van der Waals surface area contributed by atoms with E-state index in [1.807, 2.05) is 0 Å². The monoisotopic (exact) mass is 295 g/mol. The predicted octanol–water partition coefficient (Wildman–Crippen LogP) is 3.05. The molecule has 1 saturated carbocycles. The molecule has 1 heterocycles. The minimum Gasteiger partial charge on any atom is -0.299 e. The Hall–Kier alpha value is -0.120. The number of piperazine rings is 1. The van der Waals surface area contributed by atoms with Gasteiger partial charge in [-0.2, -0.15) is 0 Å². The van der Waals surface area contributed by atoms with Gasteiger partial charge in [-0.3, -0.25) is 14.7 Å². The molecule has 1 saturated heterocycles. The Morgan fingerprint density at radius 3 is 2.14 bits per heavy atom. The van der Waals surface area contributed by atoms with Gasteiger partial charge in [0.05, 0.1) is 0 Å². The van der Waals surface area contributed by atoms with E-state index in [2.05, 4.69) is 56.4 Å². The summed E-state index contributed by atoms with van der Waals surface area (Å²) in [6.45, 7) is 16.7. The molecule has 0 radical (unpaired) electrons. The zero-order chi connectivity index (χ0) is 15.6. The average molecular weight is 296 g/mol. The fourth-order valence-corrected chi connectivity index (χ4v) is 3.99. The summed E-state index contributed by atoms with van der Waals surface area (Å²) in [4.78, 5) is 8.02. The molecule has 0 N–H and O–H groups in total. The maximum Gasteiger partial charge on any atom is 0.0124 e. The molecule has 2 rings (SSSR count). The first kappa shape index (κ1) is 17.2. The number of nitrogens with zero attached hydrogens (tertiary/aromatic N) is 3. The van der Waals surface area contributed by atoms with Crippen molar-refractivity contribution in [3.63, 3.8) is 0 Å². The summed E-state index contributed by atoms with van der Waals surface area (Å²) in [5.74, 6) is 0. The highest BCUT2D eigenvalue weighted by molar-refractivity contribution is 4.90. The molecule has 0 unspecified atom stereocenters. The van der Waals surface area contributed by atoms with Crippen LogP contribution >= 0.6 is 0 Å². The molecular formula is C18H37N3. The quantitative estimate of drug-likeness (QED) is 0.792. The number of hydrogen-bond donors (Lipinski definition) is 0. The van der Waals surface area contributed by atoms with Crippen molar-refractivity contribution >= 4 is 0 Å². The van der Waals surface area contributed by atoms with Crippen molar-refractivity contribution in [2.24, 2.45) is 0 Å². The Morgan fingerprint density at radius 1 is 1.00 bits per heavy atom. The fourth-order valence-electron chi connectivity index (χ4n) is 3.99. The van der Waals surface area contributed by atoms with E-state index < -0.39 is 0 Å². The lowest BCUT2D eigenvalue weighted by Gasteiger charge is -2.47. The molecule has 1 aliphatic carbocycles. The summed E-state index contributed by atoms with van der Waals surface area (Å²) in [5, 5.41) is 0. The van der Waals surface area contributed by atoms with Crippen molar-refractivity contribution in [1.29, 1.82) is 0 Å². The molecule has 0 aromatic heterocycles. The molecule has 2 fully saturated rings. The lowest BCUT2D eigenvalue weighted by molar-refractivity contribution is 0.0245. The topological polar surface area (TPSA) is 9.72 Å². The highest BCUT2D eigenvalue weighted by Crippen LogP contribution is 2.30. The Balaban J connectivity index is 1.87. The van der Waals surface area contributed by atoms with Gasteiger partial charge in [0.15, 0.2) is 0 Å². The van der Waals surface area contributed by atoms with E-state index in [9.17, 15) is 0 Å². The molecule has 3 nitrogen and oxygen atoms in total. The summed E-state index contributed by atoms with van der Waals surface area (Å²) >= 11 is 0. The SMILES string of the molecule is CC(C)N1CCN([C@@H]2CCC[C@H](N(C)C(C)(C)C)C2)CC1. The zero-order valence-corrected chi connectivity index (χ0v) is 15.2. The lowest BCUT2D eigenvalue weighted by Crippen LogP contribution is -2.55. The van der Waals surface area contributed by atoms with Crippen LogP contribution in [0.2, 0.25) is 0 Å². The first-order chi connectivity index (χ1) is 9.79. The van der Waals surface area contributed by atoms with Crippen molar-refractivity contribution in [3.05, 3.63) is 0 Å². The highest BCUT2D eigenvalue weighted by atomic mass is 15.3. The van der Waals surface area contributed by atoms with E-state index in [1.165, 1.54) is 51.9 Å². The molecule has 0 amide bonds. The van der Waals surface area contributed by atoms with Crippen LogP contribution in [0.5, 0.6) is 0 Å². The maximum absolute atomic E-state index is 2.78. The number of hydrogen-bond acceptors (Lipinski definition) is 3. The Kier molecular flexibility index (Phi) is 5.72. The second kappa shape index (κ2) is 6.97. The third-order valence-electron chi connectivity index (χ3n) is 5.82. The molecule has 3 heteroatoms. The van der Waals surface area contributed by atoms with Gasteiger partial charge in [0.1, 0.15) is 0 Å². The third kappa shape index (κ3) is 4.43. The average Bonchev–Trinajstić information content (AvgIpc) is 2.45. The van der Waals surface area contributed by atoms with Crippen molar-refractivity contribution in [1.82, 2.24) is 14.7 Å². The summed E-state index contributed by atoms with van der Waals surface area (Å²) in [7, 11) is 2.32. The van der Waals surface area contributed by atoms with Crippen molar-refractivity contribution < 1.29 is 0 Å². The van der Waals surface area contributed by atoms with E-state index in [1.54, 1.807) is 0 Å². The van der Waals surface area contributed by atoms with Gasteiger partial charge in [0.2, 0.25) is 0 Å². The van der Waals surface area contributed by atoms with Gasteiger partial charge < -0.3 is 0 Å². The molecule has 0 aromatic carbocycles. The second-order valence-corrected chi connectivity index (χ2v) is 8.42. The van der Waals surface area contributed by atoms with Crippen LogP contribution in [0.3, 0.4) is 0 Å². The van der Waals surface area contributed by atoms with Gasteiger partial charge in [0, 0.05) is 49.8 Å². The van der Waals surface area contributed by atoms with E-state index in [0.29, 0.717) is 11.6 Å². The molecule has 1 aliphatic heterocycles. The van der Waals surface area contributed by atoms with E-state index >= 15 is 0 Å². The molecular weight excluding hydrogens is 258 g/mol. The van der Waals surface area contributed by atoms with Crippen LogP contribution < -0.4 is 0 Å². The molecule has 0 spiro atoms. The van der Waals surface area contributed by atoms with Crippen molar-refractivity contribution in [3.8, 4) is 0 Å².